The third-order valence-electron chi connectivity index (χ3n) is 3.10. The van der Waals surface area contributed by atoms with E-state index in [0.29, 0.717) is 10.7 Å². The summed E-state index contributed by atoms with van der Waals surface area (Å²) in [6.45, 7) is 0. The number of nitrogens with one attached hydrogen (secondary N) is 1. The van der Waals surface area contributed by atoms with Crippen LogP contribution in [0.3, 0.4) is 0 Å². The Labute approximate surface area is 135 Å². The number of amides is 1. The fourth-order valence-corrected chi connectivity index (χ4v) is 2.73. The van der Waals surface area contributed by atoms with Crippen molar-refractivity contribution in [2.24, 2.45) is 0 Å². The van der Waals surface area contributed by atoms with Crippen LogP contribution in [-0.4, -0.2) is 21.0 Å². The molecule has 2 heterocycles. The molecule has 2 aromatic heterocycles. The van der Waals surface area contributed by atoms with Crippen molar-refractivity contribution in [1.82, 2.24) is 9.97 Å². The first kappa shape index (κ1) is 15.1. The van der Waals surface area contributed by atoms with Gasteiger partial charge in [0.1, 0.15) is 0 Å². The van der Waals surface area contributed by atoms with Gasteiger partial charge in [0.2, 0.25) is 5.91 Å². The average molecular weight is 329 g/mol. The summed E-state index contributed by atoms with van der Waals surface area (Å²) in [5, 5.41) is 14.1. The number of hydrogen-bond acceptors (Lipinski definition) is 5. The lowest BCUT2D eigenvalue weighted by atomic mass is 10.1. The lowest BCUT2D eigenvalue weighted by Crippen LogP contribution is -2.14. The molecule has 0 aliphatic carbocycles. The Balaban J connectivity index is 1.66. The maximum Gasteiger partial charge on any atom is 0.230 e. The van der Waals surface area contributed by atoms with Crippen molar-refractivity contribution in [2.45, 2.75) is 6.42 Å². The van der Waals surface area contributed by atoms with Gasteiger partial charge in [0.05, 0.1) is 12.1 Å². The van der Waals surface area contributed by atoms with Crippen molar-refractivity contribution in [1.29, 1.82) is 0 Å². The summed E-state index contributed by atoms with van der Waals surface area (Å²) in [7, 11) is 0. The summed E-state index contributed by atoms with van der Waals surface area (Å²) in [5.74, 6) is -1.48. The second-order valence-corrected chi connectivity index (χ2v) is 5.64. The molecule has 0 saturated heterocycles. The van der Waals surface area contributed by atoms with Crippen LogP contribution < -0.4 is 5.32 Å². The molecule has 0 spiro atoms. The number of carbonyl (C=O) groups excluding carboxylic acids is 1. The number of aromatic nitrogens is 2. The first-order chi connectivity index (χ1) is 11.1. The minimum absolute atomic E-state index is 0.00136. The van der Waals surface area contributed by atoms with Crippen molar-refractivity contribution in [3.05, 3.63) is 59.5 Å². The molecule has 0 unspecified atom stereocenters. The molecule has 0 radical (unpaired) electrons. The predicted octanol–water partition coefficient (Wildman–Crippen LogP) is 3.23. The number of halogens is 1. The van der Waals surface area contributed by atoms with Crippen molar-refractivity contribution >= 4 is 22.4 Å². The van der Waals surface area contributed by atoms with Crippen LogP contribution >= 0.6 is 11.3 Å². The van der Waals surface area contributed by atoms with Crippen LogP contribution in [0, 0.1) is 5.82 Å². The largest absolute Gasteiger partial charge is 0.505 e. The lowest BCUT2D eigenvalue weighted by molar-refractivity contribution is -0.115. The summed E-state index contributed by atoms with van der Waals surface area (Å²) in [4.78, 5) is 20.3. The highest BCUT2D eigenvalue weighted by molar-refractivity contribution is 7.14. The van der Waals surface area contributed by atoms with Crippen LogP contribution in [0.4, 0.5) is 9.52 Å². The summed E-state index contributed by atoms with van der Waals surface area (Å²) in [5.41, 5.74) is 2.14. The Hall–Kier alpha value is -2.80. The molecule has 1 aromatic carbocycles. The number of hydrogen-bond donors (Lipinski definition) is 2. The van der Waals surface area contributed by atoms with E-state index >= 15 is 0 Å². The van der Waals surface area contributed by atoms with E-state index in [-0.39, 0.29) is 12.3 Å². The van der Waals surface area contributed by atoms with Gasteiger partial charge in [-0.3, -0.25) is 9.78 Å². The fraction of sp³-hybridized carbons (Fsp3) is 0.0625. The number of aromatic hydroxyl groups is 1. The molecule has 116 valence electrons. The number of pyridine rings is 1. The molecule has 3 rings (SSSR count). The average Bonchev–Trinajstić information content (AvgIpc) is 3.00. The minimum atomic E-state index is -0.746. The fourth-order valence-electron chi connectivity index (χ4n) is 2.00. The van der Waals surface area contributed by atoms with Crippen LogP contribution in [-0.2, 0) is 11.2 Å². The molecular weight excluding hydrogens is 317 g/mol. The van der Waals surface area contributed by atoms with E-state index in [1.165, 1.54) is 23.5 Å². The second-order valence-electron chi connectivity index (χ2n) is 4.78. The van der Waals surface area contributed by atoms with Gasteiger partial charge in [0, 0.05) is 23.3 Å². The van der Waals surface area contributed by atoms with Gasteiger partial charge in [0.15, 0.2) is 16.7 Å². The molecule has 3 aromatic rings. The number of phenols is 1. The molecule has 5 nitrogen and oxygen atoms in total. The van der Waals surface area contributed by atoms with Crippen LogP contribution in [0.1, 0.15) is 5.56 Å². The molecule has 0 aliphatic rings. The van der Waals surface area contributed by atoms with E-state index in [0.717, 1.165) is 17.3 Å². The summed E-state index contributed by atoms with van der Waals surface area (Å²) in [6.07, 6.45) is 3.35. The molecule has 0 fully saturated rings. The van der Waals surface area contributed by atoms with Gasteiger partial charge >= 0.3 is 0 Å². The SMILES string of the molecule is O=C(Cc1ccc(O)c(F)c1)Nc1nc(-c2ccncc2)cs1. The van der Waals surface area contributed by atoms with Crippen LogP contribution in [0.15, 0.2) is 48.1 Å². The molecule has 7 heteroatoms. The van der Waals surface area contributed by atoms with Gasteiger partial charge in [-0.15, -0.1) is 11.3 Å². The minimum Gasteiger partial charge on any atom is -0.505 e. The number of phenolic OH excluding ortho intramolecular Hbond substituents is 1. The number of anilines is 1. The second kappa shape index (κ2) is 6.53. The Morgan fingerprint density at radius 1 is 1.26 bits per heavy atom. The Kier molecular flexibility index (Phi) is 4.29. The van der Waals surface area contributed by atoms with Gasteiger partial charge in [-0.2, -0.15) is 0 Å². The van der Waals surface area contributed by atoms with E-state index < -0.39 is 11.6 Å². The first-order valence-corrected chi connectivity index (χ1v) is 7.63. The monoisotopic (exact) mass is 329 g/mol. The highest BCUT2D eigenvalue weighted by Crippen LogP contribution is 2.24. The number of carbonyl (C=O) groups is 1. The smallest absolute Gasteiger partial charge is 0.230 e. The van der Waals surface area contributed by atoms with Gasteiger partial charge in [-0.1, -0.05) is 6.07 Å². The Morgan fingerprint density at radius 3 is 2.78 bits per heavy atom. The zero-order valence-corrected chi connectivity index (χ0v) is 12.7. The molecule has 0 bridgehead atoms. The molecular formula is C16H12FN3O2S. The maximum absolute atomic E-state index is 13.3. The molecule has 2 N–H and O–H groups in total. The molecule has 0 saturated carbocycles. The summed E-state index contributed by atoms with van der Waals surface area (Å²) < 4.78 is 13.3. The van der Waals surface area contributed by atoms with E-state index in [9.17, 15) is 9.18 Å². The van der Waals surface area contributed by atoms with E-state index in [2.05, 4.69) is 15.3 Å². The van der Waals surface area contributed by atoms with Crippen molar-refractivity contribution in [3.8, 4) is 17.0 Å². The summed E-state index contributed by atoms with van der Waals surface area (Å²) >= 11 is 1.31. The van der Waals surface area contributed by atoms with Gasteiger partial charge in [0.25, 0.3) is 0 Å². The number of thiazole rings is 1. The van der Waals surface area contributed by atoms with Crippen LogP contribution in [0.2, 0.25) is 0 Å². The van der Waals surface area contributed by atoms with Gasteiger partial charge in [-0.25, -0.2) is 9.37 Å². The van der Waals surface area contributed by atoms with Gasteiger partial charge < -0.3 is 10.4 Å². The van der Waals surface area contributed by atoms with E-state index in [1.807, 2.05) is 17.5 Å². The zero-order chi connectivity index (χ0) is 16.2. The molecule has 0 atom stereocenters. The standard InChI is InChI=1S/C16H12FN3O2S/c17-12-7-10(1-2-14(12)21)8-15(22)20-16-19-13(9-23-16)11-3-5-18-6-4-11/h1-7,9,21H,8H2,(H,19,20,22). The van der Waals surface area contributed by atoms with Crippen molar-refractivity contribution in [2.75, 3.05) is 5.32 Å². The van der Waals surface area contributed by atoms with Crippen LogP contribution in [0.5, 0.6) is 5.75 Å². The number of rotatable bonds is 4. The van der Waals surface area contributed by atoms with Gasteiger partial charge in [-0.05, 0) is 29.8 Å². The third-order valence-corrected chi connectivity index (χ3v) is 3.86. The number of benzene rings is 1. The Bertz CT molecular complexity index is 836. The lowest BCUT2D eigenvalue weighted by Gasteiger charge is -2.03. The quantitative estimate of drug-likeness (QED) is 0.770. The number of nitrogens with zero attached hydrogens (tertiary/aromatic N) is 2. The Morgan fingerprint density at radius 2 is 2.04 bits per heavy atom. The van der Waals surface area contributed by atoms with Crippen molar-refractivity contribution < 1.29 is 14.3 Å². The molecule has 0 aliphatic heterocycles. The third kappa shape index (κ3) is 3.70. The van der Waals surface area contributed by atoms with E-state index in [1.54, 1.807) is 12.4 Å². The molecule has 23 heavy (non-hydrogen) atoms. The summed E-state index contributed by atoms with van der Waals surface area (Å²) in [6, 6.07) is 7.53. The zero-order valence-electron chi connectivity index (χ0n) is 11.9. The normalized spacial score (nSPS) is 10.5. The topological polar surface area (TPSA) is 75.1 Å². The molecule has 1 amide bonds. The highest BCUT2D eigenvalue weighted by atomic mass is 32.1. The van der Waals surface area contributed by atoms with Crippen molar-refractivity contribution in [3.63, 3.8) is 0 Å². The van der Waals surface area contributed by atoms with E-state index in [4.69, 9.17) is 5.11 Å². The first-order valence-electron chi connectivity index (χ1n) is 6.75. The maximum atomic E-state index is 13.3. The highest BCUT2D eigenvalue weighted by Gasteiger charge is 2.10. The van der Waals surface area contributed by atoms with Crippen LogP contribution in [0.25, 0.3) is 11.3 Å². The predicted molar refractivity (Wildman–Crippen MR) is 85.7 cm³/mol.